The Morgan fingerprint density at radius 1 is 1.38 bits per heavy atom. The van der Waals surface area contributed by atoms with Gasteiger partial charge in [-0.2, -0.15) is 0 Å². The number of hydrogen-bond acceptors (Lipinski definition) is 4. The van der Waals surface area contributed by atoms with Crippen molar-refractivity contribution < 1.29 is 14.3 Å². The molecule has 5 nitrogen and oxygen atoms in total. The number of fused-ring (bicyclic) bond motifs is 1. The normalized spacial score (nSPS) is 15.7. The number of pyridine rings is 1. The topological polar surface area (TPSA) is 60.5 Å². The van der Waals surface area contributed by atoms with Gasteiger partial charge < -0.3 is 14.8 Å². The number of aromatic nitrogens is 1. The largest absolute Gasteiger partial charge is 0.487 e. The van der Waals surface area contributed by atoms with Crippen LogP contribution in [0, 0.1) is 6.92 Å². The van der Waals surface area contributed by atoms with Crippen molar-refractivity contribution in [2.75, 3.05) is 20.3 Å². The number of methoxy groups -OCH3 is 1. The minimum Gasteiger partial charge on any atom is -0.487 e. The maximum absolute atomic E-state index is 11.7. The Morgan fingerprint density at radius 2 is 2.25 bits per heavy atom. The minimum atomic E-state index is -0.0448. The maximum Gasteiger partial charge on any atom is 0.222 e. The number of hydrogen-bond donors (Lipinski definition) is 1. The zero-order valence-electron chi connectivity index (χ0n) is 14.0. The van der Waals surface area contributed by atoms with Crippen molar-refractivity contribution in [1.82, 2.24) is 10.3 Å². The second kappa shape index (κ2) is 7.45. The smallest absolute Gasteiger partial charge is 0.222 e. The summed E-state index contributed by atoms with van der Waals surface area (Å²) in [5.41, 5.74) is 4.23. The van der Waals surface area contributed by atoms with E-state index in [2.05, 4.69) is 16.4 Å². The zero-order chi connectivity index (χ0) is 16.9. The molecule has 0 saturated carbocycles. The lowest BCUT2D eigenvalue weighted by molar-refractivity contribution is -0.122. The van der Waals surface area contributed by atoms with Crippen molar-refractivity contribution in [3.05, 3.63) is 47.7 Å². The predicted octanol–water partition coefficient (Wildman–Crippen LogP) is 2.51. The van der Waals surface area contributed by atoms with E-state index in [0.717, 1.165) is 34.6 Å². The molecule has 5 heteroatoms. The first-order valence-corrected chi connectivity index (χ1v) is 8.15. The number of rotatable bonds is 6. The van der Waals surface area contributed by atoms with Crippen molar-refractivity contribution >= 4 is 5.91 Å². The SMILES string of the molecule is COCCC(=O)NC[C@H]1Cc2cccc(-c3ncccc3C)c2O1. The van der Waals surface area contributed by atoms with Gasteiger partial charge in [-0.3, -0.25) is 9.78 Å². The van der Waals surface area contributed by atoms with Gasteiger partial charge in [-0.05, 0) is 30.2 Å². The van der Waals surface area contributed by atoms with Crippen LogP contribution in [0.2, 0.25) is 0 Å². The van der Waals surface area contributed by atoms with Crippen LogP contribution in [0.1, 0.15) is 17.5 Å². The van der Waals surface area contributed by atoms with Gasteiger partial charge in [0, 0.05) is 31.7 Å². The first kappa shape index (κ1) is 16.5. The molecule has 0 radical (unpaired) electrons. The van der Waals surface area contributed by atoms with Crippen LogP contribution < -0.4 is 10.1 Å². The van der Waals surface area contributed by atoms with Crippen molar-refractivity contribution in [2.45, 2.75) is 25.9 Å². The zero-order valence-corrected chi connectivity index (χ0v) is 14.0. The monoisotopic (exact) mass is 326 g/mol. The van der Waals surface area contributed by atoms with Crippen LogP contribution in [0.4, 0.5) is 0 Å². The molecule has 1 aromatic heterocycles. The lowest BCUT2D eigenvalue weighted by atomic mass is 10.0. The van der Waals surface area contributed by atoms with E-state index in [1.165, 1.54) is 0 Å². The van der Waals surface area contributed by atoms with Crippen LogP contribution in [-0.4, -0.2) is 37.3 Å². The molecule has 3 rings (SSSR count). The molecule has 0 spiro atoms. The molecule has 24 heavy (non-hydrogen) atoms. The molecule has 126 valence electrons. The molecule has 0 saturated heterocycles. The first-order chi connectivity index (χ1) is 11.7. The number of nitrogens with one attached hydrogen (secondary N) is 1. The summed E-state index contributed by atoms with van der Waals surface area (Å²) in [5, 5.41) is 2.91. The number of aryl methyl sites for hydroxylation is 1. The average Bonchev–Trinajstić information content (AvgIpc) is 3.02. The Bertz CT molecular complexity index is 730. The van der Waals surface area contributed by atoms with Crippen molar-refractivity contribution in [1.29, 1.82) is 0 Å². The van der Waals surface area contributed by atoms with E-state index in [-0.39, 0.29) is 12.0 Å². The highest BCUT2D eigenvalue weighted by Crippen LogP contribution is 2.38. The molecular weight excluding hydrogens is 304 g/mol. The number of ether oxygens (including phenoxy) is 2. The lowest BCUT2D eigenvalue weighted by Crippen LogP contribution is -2.34. The Hall–Kier alpha value is -2.40. The molecule has 1 aliphatic heterocycles. The maximum atomic E-state index is 11.7. The van der Waals surface area contributed by atoms with Crippen LogP contribution in [-0.2, 0) is 16.0 Å². The molecule has 2 heterocycles. The third-order valence-corrected chi connectivity index (χ3v) is 4.15. The summed E-state index contributed by atoms with van der Waals surface area (Å²) in [7, 11) is 1.59. The summed E-state index contributed by atoms with van der Waals surface area (Å²) in [6.45, 7) is 2.97. The fraction of sp³-hybridized carbons (Fsp3) is 0.368. The van der Waals surface area contributed by atoms with Crippen molar-refractivity contribution in [3.8, 4) is 17.0 Å². The van der Waals surface area contributed by atoms with Gasteiger partial charge in [0.05, 0.1) is 18.8 Å². The van der Waals surface area contributed by atoms with Gasteiger partial charge in [0.15, 0.2) is 0 Å². The molecule has 1 N–H and O–H groups in total. The van der Waals surface area contributed by atoms with Gasteiger partial charge in [-0.15, -0.1) is 0 Å². The second-order valence-corrected chi connectivity index (χ2v) is 5.95. The number of nitrogens with zero attached hydrogens (tertiary/aromatic N) is 1. The molecule has 1 amide bonds. The van der Waals surface area contributed by atoms with Crippen LogP contribution in [0.25, 0.3) is 11.3 Å². The molecule has 2 aromatic rings. The molecule has 0 aliphatic carbocycles. The molecule has 0 unspecified atom stereocenters. The van der Waals surface area contributed by atoms with E-state index in [0.29, 0.717) is 19.6 Å². The molecule has 0 fully saturated rings. The molecule has 1 aliphatic rings. The fourth-order valence-electron chi connectivity index (χ4n) is 2.92. The number of benzene rings is 1. The minimum absolute atomic E-state index is 0.0165. The molecular formula is C19H22N2O3. The predicted molar refractivity (Wildman–Crippen MR) is 92.0 cm³/mol. The molecule has 1 atom stereocenters. The summed E-state index contributed by atoms with van der Waals surface area (Å²) >= 11 is 0. The van der Waals surface area contributed by atoms with Gasteiger partial charge >= 0.3 is 0 Å². The first-order valence-electron chi connectivity index (χ1n) is 8.15. The fourth-order valence-corrected chi connectivity index (χ4v) is 2.92. The van der Waals surface area contributed by atoms with E-state index in [1.807, 2.05) is 31.2 Å². The summed E-state index contributed by atoms with van der Waals surface area (Å²) in [4.78, 5) is 16.2. The number of amides is 1. The highest BCUT2D eigenvalue weighted by atomic mass is 16.5. The van der Waals surface area contributed by atoms with E-state index in [9.17, 15) is 4.79 Å². The van der Waals surface area contributed by atoms with E-state index >= 15 is 0 Å². The molecule has 0 bridgehead atoms. The molecule has 1 aromatic carbocycles. The van der Waals surface area contributed by atoms with E-state index in [1.54, 1.807) is 13.3 Å². The number of para-hydroxylation sites is 1. The van der Waals surface area contributed by atoms with Crippen LogP contribution >= 0.6 is 0 Å². The third-order valence-electron chi connectivity index (χ3n) is 4.15. The van der Waals surface area contributed by atoms with Crippen molar-refractivity contribution in [2.24, 2.45) is 0 Å². The van der Waals surface area contributed by atoms with Crippen LogP contribution in [0.15, 0.2) is 36.5 Å². The van der Waals surface area contributed by atoms with Crippen molar-refractivity contribution in [3.63, 3.8) is 0 Å². The second-order valence-electron chi connectivity index (χ2n) is 5.95. The number of carbonyl (C=O) groups excluding carboxylic acids is 1. The highest BCUT2D eigenvalue weighted by Gasteiger charge is 2.26. The van der Waals surface area contributed by atoms with Gasteiger partial charge in [0.2, 0.25) is 5.91 Å². The Balaban J connectivity index is 1.71. The Labute approximate surface area is 142 Å². The summed E-state index contributed by atoms with van der Waals surface area (Å²) in [5.74, 6) is 0.868. The van der Waals surface area contributed by atoms with Crippen LogP contribution in [0.5, 0.6) is 5.75 Å². The van der Waals surface area contributed by atoms with Gasteiger partial charge in [-0.25, -0.2) is 0 Å². The van der Waals surface area contributed by atoms with Crippen LogP contribution in [0.3, 0.4) is 0 Å². The van der Waals surface area contributed by atoms with E-state index in [4.69, 9.17) is 9.47 Å². The third kappa shape index (κ3) is 3.57. The quantitative estimate of drug-likeness (QED) is 0.886. The number of carbonyl (C=O) groups is 1. The highest BCUT2D eigenvalue weighted by molar-refractivity contribution is 5.76. The Kier molecular flexibility index (Phi) is 5.11. The van der Waals surface area contributed by atoms with E-state index < -0.39 is 0 Å². The van der Waals surface area contributed by atoms with Gasteiger partial charge in [0.25, 0.3) is 0 Å². The summed E-state index contributed by atoms with van der Waals surface area (Å²) < 4.78 is 11.0. The van der Waals surface area contributed by atoms with Gasteiger partial charge in [-0.1, -0.05) is 18.2 Å². The Morgan fingerprint density at radius 3 is 3.04 bits per heavy atom. The van der Waals surface area contributed by atoms with Gasteiger partial charge in [0.1, 0.15) is 11.9 Å². The standard InChI is InChI=1S/C19H22N2O3/c1-13-5-4-9-20-18(13)16-7-3-6-14-11-15(24-19(14)16)12-21-17(22)8-10-23-2/h3-7,9,15H,8,10-12H2,1-2H3,(H,21,22)/t15-/m1/s1. The average molecular weight is 326 g/mol. The summed E-state index contributed by atoms with van der Waals surface area (Å²) in [6, 6.07) is 10.1. The lowest BCUT2D eigenvalue weighted by Gasteiger charge is -2.14. The summed E-state index contributed by atoms with van der Waals surface area (Å²) in [6.07, 6.45) is 2.91.